The summed E-state index contributed by atoms with van der Waals surface area (Å²) in [5.74, 6) is 0. The van der Waals surface area contributed by atoms with E-state index in [9.17, 15) is 0 Å². The minimum absolute atomic E-state index is 0.689. The van der Waals surface area contributed by atoms with Crippen LogP contribution in [0.3, 0.4) is 0 Å². The Balaban J connectivity index is 2.15. The molecule has 0 saturated carbocycles. The van der Waals surface area contributed by atoms with Crippen molar-refractivity contribution < 1.29 is 0 Å². The quantitative estimate of drug-likeness (QED) is 0.266. The molecule has 1 aliphatic rings. The molecule has 3 rings (SSSR count). The summed E-state index contributed by atoms with van der Waals surface area (Å²) in [7, 11) is 0. The zero-order valence-corrected chi connectivity index (χ0v) is 11.0. The second-order valence-corrected chi connectivity index (χ2v) is 5.25. The van der Waals surface area contributed by atoms with E-state index in [1.165, 1.54) is 25.8 Å². The molecule has 0 bridgehead atoms. The molecule has 0 saturated heterocycles. The molecule has 0 aliphatic heterocycles. The van der Waals surface area contributed by atoms with Gasteiger partial charge in [-0.25, -0.2) is 0 Å². The van der Waals surface area contributed by atoms with Gasteiger partial charge in [-0.1, -0.05) is 23.3 Å². The molecular weight excluding hydrogens is 325 g/mol. The molecule has 0 spiro atoms. The summed E-state index contributed by atoms with van der Waals surface area (Å²) in [6.07, 6.45) is 0.927. The molecule has 82 valence electrons. The van der Waals surface area contributed by atoms with E-state index in [2.05, 4.69) is 50.8 Å². The Morgan fingerprint density at radius 3 is 2.53 bits per heavy atom. The van der Waals surface area contributed by atoms with Crippen LogP contribution < -0.4 is 0 Å². The summed E-state index contributed by atoms with van der Waals surface area (Å²) < 4.78 is 1.25. The average Bonchev–Trinajstić information content (AvgIpc) is 2.65. The molecule has 0 atom stereocenters. The Bertz CT molecular complexity index is 658. The number of nitrogens with zero attached hydrogens (tertiary/aromatic N) is 3. The van der Waals surface area contributed by atoms with E-state index in [-0.39, 0.29) is 0 Å². The van der Waals surface area contributed by atoms with Crippen LogP contribution >= 0.6 is 22.6 Å². The van der Waals surface area contributed by atoms with E-state index in [0.717, 1.165) is 6.42 Å². The Morgan fingerprint density at radius 1 is 1.06 bits per heavy atom. The lowest BCUT2D eigenvalue weighted by Crippen LogP contribution is -1.80. The molecule has 17 heavy (non-hydrogen) atoms. The molecule has 0 fully saturated rings. The van der Waals surface area contributed by atoms with E-state index in [1.807, 2.05) is 18.2 Å². The smallest absolute Gasteiger partial charge is 0.0378 e. The highest BCUT2D eigenvalue weighted by Crippen LogP contribution is 2.38. The largest absolute Gasteiger partial charge is 0.0608 e. The van der Waals surface area contributed by atoms with Gasteiger partial charge in [0, 0.05) is 14.2 Å². The summed E-state index contributed by atoms with van der Waals surface area (Å²) in [6.45, 7) is 0. The molecular formula is C13H8IN3. The molecule has 0 unspecified atom stereocenters. The second kappa shape index (κ2) is 4.05. The first-order valence-electron chi connectivity index (χ1n) is 5.25. The van der Waals surface area contributed by atoms with Gasteiger partial charge in [0.05, 0.1) is 0 Å². The van der Waals surface area contributed by atoms with Crippen molar-refractivity contribution in [2.24, 2.45) is 5.11 Å². The van der Waals surface area contributed by atoms with Crippen LogP contribution in [-0.2, 0) is 6.42 Å². The molecule has 0 heterocycles. The highest BCUT2D eigenvalue weighted by molar-refractivity contribution is 14.1. The molecule has 3 nitrogen and oxygen atoms in total. The SMILES string of the molecule is [N-]=[N+]=Nc1ccc2c(c1)Cc1cc(I)ccc1-2. The first kappa shape index (κ1) is 10.6. The fourth-order valence-electron chi connectivity index (χ4n) is 2.28. The van der Waals surface area contributed by atoms with Gasteiger partial charge >= 0.3 is 0 Å². The van der Waals surface area contributed by atoms with E-state index in [0.29, 0.717) is 5.69 Å². The standard InChI is InChI=1S/C13H8IN3/c14-10-1-3-12-8(6-10)5-9-7-11(16-17-15)2-4-13(9)12/h1-4,6-7H,5H2. The van der Waals surface area contributed by atoms with Gasteiger partial charge in [-0.2, -0.15) is 0 Å². The van der Waals surface area contributed by atoms with E-state index in [4.69, 9.17) is 5.53 Å². The van der Waals surface area contributed by atoms with Gasteiger partial charge in [0.1, 0.15) is 0 Å². The molecule has 1 aliphatic carbocycles. The van der Waals surface area contributed by atoms with Crippen molar-refractivity contribution in [3.05, 3.63) is 61.5 Å². The van der Waals surface area contributed by atoms with Gasteiger partial charge in [0.15, 0.2) is 0 Å². The van der Waals surface area contributed by atoms with Crippen molar-refractivity contribution in [1.82, 2.24) is 0 Å². The Morgan fingerprint density at radius 2 is 1.76 bits per heavy atom. The normalized spacial score (nSPS) is 11.6. The molecule has 0 aromatic heterocycles. The third-order valence-electron chi connectivity index (χ3n) is 2.99. The van der Waals surface area contributed by atoms with Crippen LogP contribution in [0.5, 0.6) is 0 Å². The molecule has 2 aromatic rings. The maximum Gasteiger partial charge on any atom is 0.0378 e. The van der Waals surface area contributed by atoms with Gasteiger partial charge in [0.2, 0.25) is 0 Å². The second-order valence-electron chi connectivity index (χ2n) is 4.01. The van der Waals surface area contributed by atoms with Crippen LogP contribution in [-0.4, -0.2) is 0 Å². The molecule has 0 radical (unpaired) electrons. The van der Waals surface area contributed by atoms with Crippen molar-refractivity contribution in [3.63, 3.8) is 0 Å². The number of hydrogen-bond acceptors (Lipinski definition) is 1. The van der Waals surface area contributed by atoms with E-state index < -0.39 is 0 Å². The van der Waals surface area contributed by atoms with E-state index >= 15 is 0 Å². The van der Waals surface area contributed by atoms with Crippen LogP contribution in [0.4, 0.5) is 5.69 Å². The van der Waals surface area contributed by atoms with Crippen LogP contribution in [0.2, 0.25) is 0 Å². The summed E-state index contributed by atoms with van der Waals surface area (Å²) in [5, 5.41) is 3.64. The minimum Gasteiger partial charge on any atom is -0.0608 e. The van der Waals surface area contributed by atoms with Crippen LogP contribution in [0.15, 0.2) is 41.5 Å². The number of hydrogen-bond donors (Lipinski definition) is 0. The van der Waals surface area contributed by atoms with E-state index in [1.54, 1.807) is 0 Å². The minimum atomic E-state index is 0.689. The third kappa shape index (κ3) is 1.79. The highest BCUT2D eigenvalue weighted by Gasteiger charge is 2.18. The number of halogens is 1. The zero-order chi connectivity index (χ0) is 11.8. The molecule has 2 aromatic carbocycles. The van der Waals surface area contributed by atoms with Crippen LogP contribution in [0, 0.1) is 3.57 Å². The van der Waals surface area contributed by atoms with Crippen LogP contribution in [0.25, 0.3) is 21.6 Å². The number of azide groups is 1. The Kier molecular flexibility index (Phi) is 2.53. The maximum atomic E-state index is 8.44. The van der Waals surface area contributed by atoms with Crippen molar-refractivity contribution in [1.29, 1.82) is 0 Å². The van der Waals surface area contributed by atoms with Gasteiger partial charge in [-0.15, -0.1) is 0 Å². The molecule has 0 N–H and O–H groups in total. The summed E-state index contributed by atoms with van der Waals surface area (Å²) in [5.41, 5.74) is 14.3. The van der Waals surface area contributed by atoms with Crippen LogP contribution in [0.1, 0.15) is 11.1 Å². The molecule has 4 heteroatoms. The van der Waals surface area contributed by atoms with Gasteiger partial charge in [-0.3, -0.25) is 0 Å². The fraction of sp³-hybridized carbons (Fsp3) is 0.0769. The summed E-state index contributed by atoms with van der Waals surface area (Å²) in [4.78, 5) is 2.82. The molecule has 0 amide bonds. The predicted octanol–water partition coefficient (Wildman–Crippen LogP) is 4.80. The summed E-state index contributed by atoms with van der Waals surface area (Å²) in [6, 6.07) is 12.4. The fourth-order valence-corrected chi connectivity index (χ4v) is 2.84. The monoisotopic (exact) mass is 333 g/mol. The van der Waals surface area contributed by atoms with Crippen molar-refractivity contribution in [3.8, 4) is 11.1 Å². The lowest BCUT2D eigenvalue weighted by Gasteiger charge is -2.01. The lowest BCUT2D eigenvalue weighted by molar-refractivity contribution is 1.25. The average molecular weight is 333 g/mol. The van der Waals surface area contributed by atoms with Gasteiger partial charge in [-0.05, 0) is 75.0 Å². The Hall–Kier alpha value is -1.52. The van der Waals surface area contributed by atoms with Crippen molar-refractivity contribution in [2.75, 3.05) is 0 Å². The maximum absolute atomic E-state index is 8.44. The first-order valence-corrected chi connectivity index (χ1v) is 6.32. The van der Waals surface area contributed by atoms with Crippen molar-refractivity contribution >= 4 is 28.3 Å². The highest BCUT2D eigenvalue weighted by atomic mass is 127. The number of rotatable bonds is 1. The first-order chi connectivity index (χ1) is 8.28. The third-order valence-corrected chi connectivity index (χ3v) is 3.66. The topological polar surface area (TPSA) is 48.8 Å². The van der Waals surface area contributed by atoms with Crippen molar-refractivity contribution in [2.45, 2.75) is 6.42 Å². The lowest BCUT2D eigenvalue weighted by atomic mass is 10.1. The Labute approximate surface area is 112 Å². The number of benzene rings is 2. The predicted molar refractivity (Wildman–Crippen MR) is 76.2 cm³/mol. The zero-order valence-electron chi connectivity index (χ0n) is 8.89. The number of fused-ring (bicyclic) bond motifs is 3. The van der Waals surface area contributed by atoms with Gasteiger partial charge in [0.25, 0.3) is 0 Å². The van der Waals surface area contributed by atoms with Gasteiger partial charge < -0.3 is 0 Å². The summed E-state index contributed by atoms with van der Waals surface area (Å²) >= 11 is 2.33.